The molecule has 0 atom stereocenters. The van der Waals surface area contributed by atoms with Crippen molar-refractivity contribution in [2.45, 2.75) is 13.7 Å². The number of nitriles is 1. The lowest BCUT2D eigenvalue weighted by molar-refractivity contribution is 0.134. The fraction of sp³-hybridized carbons (Fsp3) is 0.176. The summed E-state index contributed by atoms with van der Waals surface area (Å²) in [6.07, 6.45) is 4.67. The van der Waals surface area contributed by atoms with E-state index in [1.165, 1.54) is 6.33 Å². The Bertz CT molecular complexity index is 938. The van der Waals surface area contributed by atoms with Crippen LogP contribution in [-0.4, -0.2) is 26.6 Å². The Morgan fingerprint density at radius 1 is 1.38 bits per heavy atom. The zero-order valence-corrected chi connectivity index (χ0v) is 13.4. The number of aromatic nitrogens is 4. The monoisotopic (exact) mass is 320 g/mol. The van der Waals surface area contributed by atoms with Crippen LogP contribution in [0.3, 0.4) is 0 Å². The molecule has 120 valence electrons. The maximum Gasteiger partial charge on any atom is 0.165 e. The highest BCUT2D eigenvalue weighted by molar-refractivity contribution is 5.90. The number of rotatable bonds is 5. The third-order valence-electron chi connectivity index (χ3n) is 3.45. The molecule has 2 heterocycles. The van der Waals surface area contributed by atoms with Crippen LogP contribution in [0.2, 0.25) is 0 Å². The quantitative estimate of drug-likeness (QED) is 0.727. The molecule has 0 amide bonds. The summed E-state index contributed by atoms with van der Waals surface area (Å²) in [6.45, 7) is 2.34. The molecule has 0 spiro atoms. The summed E-state index contributed by atoms with van der Waals surface area (Å²) in [5.74, 6) is 0. The van der Waals surface area contributed by atoms with E-state index in [1.54, 1.807) is 24.2 Å². The van der Waals surface area contributed by atoms with Crippen molar-refractivity contribution in [2.24, 2.45) is 0 Å². The first-order valence-electron chi connectivity index (χ1n) is 7.31. The lowest BCUT2D eigenvalue weighted by Crippen LogP contribution is -2.00. The maximum absolute atomic E-state index is 9.50. The van der Waals surface area contributed by atoms with Crippen LogP contribution in [0, 0.1) is 18.3 Å². The minimum atomic E-state index is 0.333. The third-order valence-corrected chi connectivity index (χ3v) is 3.45. The maximum atomic E-state index is 9.50. The predicted molar refractivity (Wildman–Crippen MR) is 90.7 cm³/mol. The lowest BCUT2D eigenvalue weighted by atomic mass is 10.2. The summed E-state index contributed by atoms with van der Waals surface area (Å²) in [5.41, 5.74) is 4.09. The lowest BCUT2D eigenvalue weighted by Gasteiger charge is -2.04. The van der Waals surface area contributed by atoms with Crippen molar-refractivity contribution < 1.29 is 4.74 Å². The van der Waals surface area contributed by atoms with Crippen LogP contribution in [0.4, 0.5) is 5.69 Å². The molecule has 0 radical (unpaired) electrons. The van der Waals surface area contributed by atoms with Crippen molar-refractivity contribution in [1.82, 2.24) is 19.5 Å². The largest absolute Gasteiger partial charge is 0.364 e. The molecule has 0 unspecified atom stereocenters. The molecule has 0 aliphatic carbocycles. The standard InChI is InChI=1S/C17H16N6O/c1-12-4-3-5-14(6-12)19-8-13(7-18)15-16-17(21-9-20-15)23(10-22-16)11-24-2/h3-6,8-10,19H,11H2,1-2H3/b13-8-. The molecule has 0 saturated heterocycles. The molecule has 24 heavy (non-hydrogen) atoms. The van der Waals surface area contributed by atoms with E-state index in [0.717, 1.165) is 11.3 Å². The van der Waals surface area contributed by atoms with Gasteiger partial charge in [-0.25, -0.2) is 15.0 Å². The van der Waals surface area contributed by atoms with E-state index in [-0.39, 0.29) is 0 Å². The van der Waals surface area contributed by atoms with Gasteiger partial charge in [-0.3, -0.25) is 4.57 Å². The van der Waals surface area contributed by atoms with Gasteiger partial charge in [0.15, 0.2) is 5.65 Å². The Labute approximate surface area is 139 Å². The summed E-state index contributed by atoms with van der Waals surface area (Å²) < 4.78 is 6.86. The first-order valence-corrected chi connectivity index (χ1v) is 7.31. The summed E-state index contributed by atoms with van der Waals surface area (Å²) in [5, 5.41) is 12.6. The Balaban J connectivity index is 1.98. The molecule has 3 aromatic rings. The van der Waals surface area contributed by atoms with Gasteiger partial charge in [0.1, 0.15) is 30.3 Å². The number of nitrogens with one attached hydrogen (secondary N) is 1. The van der Waals surface area contributed by atoms with Gasteiger partial charge in [0.25, 0.3) is 0 Å². The van der Waals surface area contributed by atoms with Gasteiger partial charge in [0, 0.05) is 19.0 Å². The molecule has 0 aliphatic heterocycles. The van der Waals surface area contributed by atoms with Crippen molar-refractivity contribution in [3.8, 4) is 6.07 Å². The van der Waals surface area contributed by atoms with Crippen molar-refractivity contribution in [1.29, 1.82) is 5.26 Å². The van der Waals surface area contributed by atoms with Gasteiger partial charge in [0.05, 0.1) is 11.9 Å². The second kappa shape index (κ2) is 6.89. The Morgan fingerprint density at radius 2 is 2.25 bits per heavy atom. The van der Waals surface area contributed by atoms with Gasteiger partial charge < -0.3 is 10.1 Å². The summed E-state index contributed by atoms with van der Waals surface area (Å²) in [7, 11) is 1.60. The highest BCUT2D eigenvalue weighted by atomic mass is 16.5. The molecule has 0 bridgehead atoms. The van der Waals surface area contributed by atoms with Gasteiger partial charge in [-0.2, -0.15) is 5.26 Å². The molecule has 2 aromatic heterocycles. The second-order valence-electron chi connectivity index (χ2n) is 5.21. The van der Waals surface area contributed by atoms with Gasteiger partial charge in [-0.05, 0) is 24.6 Å². The number of allylic oxidation sites excluding steroid dienone is 1. The number of aryl methyl sites for hydroxylation is 1. The van der Waals surface area contributed by atoms with E-state index in [1.807, 2.05) is 31.2 Å². The molecular formula is C17H16N6O. The summed E-state index contributed by atoms with van der Waals surface area (Å²) >= 11 is 0. The van der Waals surface area contributed by atoms with Gasteiger partial charge in [0.2, 0.25) is 0 Å². The Hall–Kier alpha value is -3.24. The van der Waals surface area contributed by atoms with E-state index in [4.69, 9.17) is 4.74 Å². The minimum absolute atomic E-state index is 0.333. The van der Waals surface area contributed by atoms with Gasteiger partial charge in [-0.15, -0.1) is 0 Å². The number of hydrogen-bond donors (Lipinski definition) is 1. The zero-order valence-electron chi connectivity index (χ0n) is 13.4. The molecule has 7 heteroatoms. The second-order valence-corrected chi connectivity index (χ2v) is 5.21. The first-order chi connectivity index (χ1) is 11.7. The fourth-order valence-electron chi connectivity index (χ4n) is 2.36. The molecule has 1 aromatic carbocycles. The van der Waals surface area contributed by atoms with Crippen LogP contribution in [0.25, 0.3) is 16.7 Å². The SMILES string of the molecule is COCn1cnc2c(/C(C#N)=C\Nc3cccc(C)c3)ncnc21. The van der Waals surface area contributed by atoms with Crippen LogP contribution < -0.4 is 5.32 Å². The van der Waals surface area contributed by atoms with E-state index >= 15 is 0 Å². The van der Waals surface area contributed by atoms with E-state index < -0.39 is 0 Å². The number of imidazole rings is 1. The average molecular weight is 320 g/mol. The fourth-order valence-corrected chi connectivity index (χ4v) is 2.36. The van der Waals surface area contributed by atoms with E-state index in [0.29, 0.717) is 29.2 Å². The number of fused-ring (bicyclic) bond motifs is 1. The van der Waals surface area contributed by atoms with Crippen molar-refractivity contribution in [3.63, 3.8) is 0 Å². The number of benzene rings is 1. The topological polar surface area (TPSA) is 88.7 Å². The van der Waals surface area contributed by atoms with Gasteiger partial charge in [-0.1, -0.05) is 12.1 Å². The number of hydrogen-bond acceptors (Lipinski definition) is 6. The zero-order chi connectivity index (χ0) is 16.9. The molecule has 1 N–H and O–H groups in total. The highest BCUT2D eigenvalue weighted by Crippen LogP contribution is 2.20. The van der Waals surface area contributed by atoms with Crippen molar-refractivity contribution >= 4 is 22.4 Å². The van der Waals surface area contributed by atoms with Crippen molar-refractivity contribution in [3.05, 3.63) is 54.4 Å². The predicted octanol–water partition coefficient (Wildman–Crippen LogP) is 2.72. The molecule has 0 fully saturated rings. The third kappa shape index (κ3) is 3.09. The summed E-state index contributed by atoms with van der Waals surface area (Å²) in [6, 6.07) is 10.1. The normalized spacial score (nSPS) is 11.5. The molecule has 3 rings (SSSR count). The molecule has 7 nitrogen and oxygen atoms in total. The van der Waals surface area contributed by atoms with E-state index in [2.05, 4.69) is 26.3 Å². The molecular weight excluding hydrogens is 304 g/mol. The number of methoxy groups -OCH3 is 1. The van der Waals surface area contributed by atoms with E-state index in [9.17, 15) is 5.26 Å². The van der Waals surface area contributed by atoms with Crippen LogP contribution in [0.15, 0.2) is 43.1 Å². The molecule has 0 saturated carbocycles. The van der Waals surface area contributed by atoms with Crippen molar-refractivity contribution in [2.75, 3.05) is 12.4 Å². The number of ether oxygens (including phenoxy) is 1. The number of nitrogens with zero attached hydrogens (tertiary/aromatic N) is 5. The van der Waals surface area contributed by atoms with Crippen LogP contribution >= 0.6 is 0 Å². The Kier molecular flexibility index (Phi) is 4.50. The van der Waals surface area contributed by atoms with Crippen LogP contribution in [0.5, 0.6) is 0 Å². The van der Waals surface area contributed by atoms with Crippen LogP contribution in [0.1, 0.15) is 11.3 Å². The highest BCUT2D eigenvalue weighted by Gasteiger charge is 2.13. The smallest absolute Gasteiger partial charge is 0.165 e. The Morgan fingerprint density at radius 3 is 3.00 bits per heavy atom. The van der Waals surface area contributed by atoms with Gasteiger partial charge >= 0.3 is 0 Å². The summed E-state index contributed by atoms with van der Waals surface area (Å²) in [4.78, 5) is 12.8. The minimum Gasteiger partial charge on any atom is -0.364 e. The molecule has 0 aliphatic rings. The number of anilines is 1. The average Bonchev–Trinajstić information content (AvgIpc) is 3.00. The van der Waals surface area contributed by atoms with Crippen LogP contribution in [-0.2, 0) is 11.5 Å². The first kappa shape index (κ1) is 15.6.